The zero-order valence-corrected chi connectivity index (χ0v) is 59.4. The topological polar surface area (TPSA) is 237 Å². The second-order valence-electron chi connectivity index (χ2n) is 25.5. The van der Waals surface area contributed by atoms with E-state index in [0.717, 1.165) is 102 Å². The van der Waals surface area contributed by atoms with Crippen molar-refractivity contribution in [2.45, 2.75) is 380 Å². The summed E-state index contributed by atoms with van der Waals surface area (Å²) in [6.45, 7) is 7.19. The molecule has 0 aliphatic rings. The van der Waals surface area contributed by atoms with Crippen LogP contribution in [0.5, 0.6) is 0 Å². The van der Waals surface area contributed by atoms with Gasteiger partial charge >= 0.3 is 39.5 Å². The average molecular weight is 1310 g/mol. The minimum Gasteiger partial charge on any atom is -0.462 e. The maximum atomic E-state index is 13.0. The highest BCUT2D eigenvalue weighted by atomic mass is 31.2. The van der Waals surface area contributed by atoms with Gasteiger partial charge in [0.05, 0.1) is 26.4 Å². The number of aliphatic hydroxyl groups excluding tert-OH is 1. The predicted octanol–water partition coefficient (Wildman–Crippen LogP) is 20.1. The van der Waals surface area contributed by atoms with Crippen molar-refractivity contribution in [1.82, 2.24) is 0 Å². The molecule has 0 fully saturated rings. The van der Waals surface area contributed by atoms with Crippen LogP contribution in [0.4, 0.5) is 0 Å². The molecule has 3 unspecified atom stereocenters. The van der Waals surface area contributed by atoms with Crippen LogP contribution in [0.2, 0.25) is 0 Å². The third-order valence-electron chi connectivity index (χ3n) is 16.6. The highest BCUT2D eigenvalue weighted by Gasteiger charge is 2.30. The van der Waals surface area contributed by atoms with Gasteiger partial charge in [-0.05, 0) is 31.6 Å². The van der Waals surface area contributed by atoms with Gasteiger partial charge in [-0.3, -0.25) is 37.3 Å². The number of rotatable bonds is 70. The molecule has 0 bridgehead atoms. The zero-order valence-electron chi connectivity index (χ0n) is 57.6. The number of hydrogen-bond acceptors (Lipinski definition) is 15. The number of hydrogen-bond donors (Lipinski definition) is 3. The fourth-order valence-electron chi connectivity index (χ4n) is 10.6. The number of phosphoric acid groups is 2. The van der Waals surface area contributed by atoms with Crippen LogP contribution in [0.15, 0.2) is 0 Å². The lowest BCUT2D eigenvalue weighted by molar-refractivity contribution is -0.161. The normalized spacial score (nSPS) is 14.4. The number of ether oxygens (including phenoxy) is 4. The fourth-order valence-corrected chi connectivity index (χ4v) is 12.2. The summed E-state index contributed by atoms with van der Waals surface area (Å²) in [4.78, 5) is 72.3. The van der Waals surface area contributed by atoms with E-state index in [1.807, 2.05) is 0 Å². The van der Waals surface area contributed by atoms with Crippen LogP contribution >= 0.6 is 15.6 Å². The summed E-state index contributed by atoms with van der Waals surface area (Å²) in [6.07, 6.45) is 50.2. The van der Waals surface area contributed by atoms with Gasteiger partial charge in [0, 0.05) is 25.7 Å². The molecule has 0 heterocycles. The molecule has 0 amide bonds. The Hall–Kier alpha value is -1.94. The summed E-state index contributed by atoms with van der Waals surface area (Å²) in [5, 5.41) is 10.6. The molecule has 17 nitrogen and oxygen atoms in total. The Bertz CT molecular complexity index is 1720. The minimum atomic E-state index is -4.95. The molecule has 6 atom stereocenters. The molecule has 0 aromatic heterocycles. The standard InChI is InChI=1S/C70H136O17P2/c1-6-10-13-16-18-20-22-24-26-28-30-35-39-44-49-54-68(73)81-60-66(87-70(75)55-50-45-40-36-31-29-27-25-23-21-19-17-14-11-7-2)62-85-89(78,79)83-58-64(71)57-82-88(76,77)84-61-65(59-80-67(72)53-48-42-15-12-8-3)86-69(74)56-51-46-41-37-33-32-34-38-43-47-52-63(5)9-4/h63-66,71H,6-62H2,1-5H3,(H,76,77)(H,78,79)/t63?,64-,65+,66+/m0/s1. The van der Waals surface area contributed by atoms with E-state index < -0.39 is 97.5 Å². The molecular weight excluding hydrogens is 1170 g/mol. The largest absolute Gasteiger partial charge is 0.472 e. The lowest BCUT2D eigenvalue weighted by atomic mass is 9.99. The first-order valence-electron chi connectivity index (χ1n) is 36.7. The van der Waals surface area contributed by atoms with Gasteiger partial charge in [-0.2, -0.15) is 0 Å². The maximum absolute atomic E-state index is 13.0. The SMILES string of the molecule is CCCCCCCCCCCCCCCCCC(=O)OC[C@H](COP(=O)(O)OC[C@@H](O)COP(=O)(O)OC[C@@H](COC(=O)CCCCCCC)OC(=O)CCCCCCCCCCCCC(C)CC)OC(=O)CCCCCCCCCCCCCCCCC. The number of esters is 4. The van der Waals surface area contributed by atoms with Gasteiger partial charge in [-0.25, -0.2) is 9.13 Å². The van der Waals surface area contributed by atoms with E-state index in [9.17, 15) is 43.2 Å². The van der Waals surface area contributed by atoms with E-state index in [1.54, 1.807) is 0 Å². The summed E-state index contributed by atoms with van der Waals surface area (Å²) in [7, 11) is -9.89. The van der Waals surface area contributed by atoms with Gasteiger partial charge in [0.2, 0.25) is 0 Å². The molecule has 0 spiro atoms. The number of carbonyl (C=O) groups is 4. The summed E-state index contributed by atoms with van der Waals surface area (Å²) >= 11 is 0. The van der Waals surface area contributed by atoms with Crippen molar-refractivity contribution in [1.29, 1.82) is 0 Å². The lowest BCUT2D eigenvalue weighted by Gasteiger charge is -2.21. The first kappa shape index (κ1) is 87.1. The predicted molar refractivity (Wildman–Crippen MR) is 358 cm³/mol. The highest BCUT2D eigenvalue weighted by molar-refractivity contribution is 7.47. The van der Waals surface area contributed by atoms with Crippen LogP contribution in [0.1, 0.15) is 362 Å². The van der Waals surface area contributed by atoms with Crippen molar-refractivity contribution in [2.75, 3.05) is 39.6 Å². The Morgan fingerprint density at radius 2 is 0.539 bits per heavy atom. The van der Waals surface area contributed by atoms with Crippen LogP contribution in [-0.4, -0.2) is 96.7 Å². The zero-order chi connectivity index (χ0) is 65.6. The molecule has 0 aromatic carbocycles. The van der Waals surface area contributed by atoms with Gasteiger partial charge < -0.3 is 33.8 Å². The van der Waals surface area contributed by atoms with E-state index in [2.05, 4.69) is 34.6 Å². The molecule has 528 valence electrons. The number of phosphoric ester groups is 2. The van der Waals surface area contributed by atoms with Crippen molar-refractivity contribution in [3.8, 4) is 0 Å². The molecule has 19 heteroatoms. The van der Waals surface area contributed by atoms with Crippen LogP contribution < -0.4 is 0 Å². The summed E-state index contributed by atoms with van der Waals surface area (Å²) in [5.74, 6) is -1.33. The van der Waals surface area contributed by atoms with Crippen molar-refractivity contribution < 1.29 is 80.2 Å². The third-order valence-corrected chi connectivity index (χ3v) is 18.5. The molecule has 0 rings (SSSR count). The average Bonchev–Trinajstić information content (AvgIpc) is 3.71. The maximum Gasteiger partial charge on any atom is 0.472 e. The smallest absolute Gasteiger partial charge is 0.462 e. The molecule has 0 saturated heterocycles. The quantitative estimate of drug-likeness (QED) is 0.0222. The molecule has 0 aliphatic carbocycles. The molecule has 3 N–H and O–H groups in total. The third kappa shape index (κ3) is 63.2. The van der Waals surface area contributed by atoms with Crippen LogP contribution in [0.3, 0.4) is 0 Å². The van der Waals surface area contributed by atoms with Crippen molar-refractivity contribution >= 4 is 39.5 Å². The van der Waals surface area contributed by atoms with Crippen molar-refractivity contribution in [2.24, 2.45) is 5.92 Å². The second kappa shape index (κ2) is 63.5. The number of unbranched alkanes of at least 4 members (excludes halogenated alkanes) is 41. The van der Waals surface area contributed by atoms with Crippen molar-refractivity contribution in [3.05, 3.63) is 0 Å². The first-order chi connectivity index (χ1) is 43.1. The Morgan fingerprint density at radius 3 is 0.798 bits per heavy atom. The molecular formula is C70H136O17P2. The molecule has 0 aromatic rings. The van der Waals surface area contributed by atoms with E-state index >= 15 is 0 Å². The Labute approximate surface area is 543 Å². The summed E-state index contributed by atoms with van der Waals surface area (Å²) < 4.78 is 68.1. The van der Waals surface area contributed by atoms with E-state index in [0.29, 0.717) is 25.7 Å². The lowest BCUT2D eigenvalue weighted by Crippen LogP contribution is -2.30. The molecule has 0 radical (unpaired) electrons. The second-order valence-corrected chi connectivity index (χ2v) is 28.4. The first-order valence-corrected chi connectivity index (χ1v) is 39.7. The van der Waals surface area contributed by atoms with E-state index in [-0.39, 0.29) is 25.7 Å². The molecule has 89 heavy (non-hydrogen) atoms. The van der Waals surface area contributed by atoms with Gasteiger partial charge in [0.1, 0.15) is 19.3 Å². The molecule has 0 saturated carbocycles. The van der Waals surface area contributed by atoms with Crippen LogP contribution in [-0.2, 0) is 65.4 Å². The molecule has 0 aliphatic heterocycles. The highest BCUT2D eigenvalue weighted by Crippen LogP contribution is 2.45. The number of carbonyl (C=O) groups excluding carboxylic acids is 4. The van der Waals surface area contributed by atoms with Gasteiger partial charge in [-0.15, -0.1) is 0 Å². The Balaban J connectivity index is 5.16. The number of aliphatic hydroxyl groups is 1. The monoisotopic (exact) mass is 1310 g/mol. The Kier molecular flexibility index (Phi) is 62.1. The van der Waals surface area contributed by atoms with Crippen LogP contribution in [0, 0.1) is 5.92 Å². The van der Waals surface area contributed by atoms with Crippen LogP contribution in [0.25, 0.3) is 0 Å². The van der Waals surface area contributed by atoms with Gasteiger partial charge in [-0.1, -0.05) is 311 Å². The minimum absolute atomic E-state index is 0.106. The van der Waals surface area contributed by atoms with Crippen molar-refractivity contribution in [3.63, 3.8) is 0 Å². The summed E-state index contributed by atoms with van der Waals surface area (Å²) in [6, 6.07) is 0. The summed E-state index contributed by atoms with van der Waals surface area (Å²) in [5.41, 5.74) is 0. The Morgan fingerprint density at radius 1 is 0.315 bits per heavy atom. The van der Waals surface area contributed by atoms with Gasteiger partial charge in [0.25, 0.3) is 0 Å². The van der Waals surface area contributed by atoms with E-state index in [1.165, 1.54) is 180 Å². The van der Waals surface area contributed by atoms with Gasteiger partial charge in [0.15, 0.2) is 12.2 Å². The van der Waals surface area contributed by atoms with E-state index in [4.69, 9.17) is 37.0 Å². The fraction of sp³-hybridized carbons (Fsp3) is 0.943.